The first-order chi connectivity index (χ1) is 12.8. The minimum atomic E-state index is -0.312. The zero-order chi connectivity index (χ0) is 19.6. The zero-order valence-corrected chi connectivity index (χ0v) is 16.8. The number of methoxy groups -OCH3 is 1. The molecule has 0 radical (unpaired) electrons. The fourth-order valence-corrected chi connectivity index (χ4v) is 3.24. The van der Waals surface area contributed by atoms with E-state index >= 15 is 0 Å². The van der Waals surface area contributed by atoms with Crippen LogP contribution in [0.25, 0.3) is 0 Å². The Kier molecular flexibility index (Phi) is 5.81. The van der Waals surface area contributed by atoms with Gasteiger partial charge in [0, 0.05) is 38.1 Å². The number of piperazine rings is 1. The van der Waals surface area contributed by atoms with E-state index in [0.717, 1.165) is 44.1 Å². The van der Waals surface area contributed by atoms with Gasteiger partial charge in [-0.25, -0.2) is 4.39 Å². The summed E-state index contributed by atoms with van der Waals surface area (Å²) in [5.74, 6) is 1.38. The van der Waals surface area contributed by atoms with E-state index in [0.29, 0.717) is 5.89 Å². The van der Waals surface area contributed by atoms with Crippen molar-refractivity contribution in [3.63, 3.8) is 0 Å². The molecule has 0 aliphatic carbocycles. The minimum Gasteiger partial charge on any atom is -0.494 e. The maximum Gasteiger partial charge on any atom is 0.243 e. The summed E-state index contributed by atoms with van der Waals surface area (Å²) in [6, 6.07) is 5.25. The van der Waals surface area contributed by atoms with Crippen molar-refractivity contribution in [2.24, 2.45) is 0 Å². The van der Waals surface area contributed by atoms with Crippen LogP contribution in [-0.4, -0.2) is 53.2 Å². The molecule has 0 N–H and O–H groups in total. The van der Waals surface area contributed by atoms with Crippen LogP contribution in [0, 0.1) is 5.82 Å². The van der Waals surface area contributed by atoms with Gasteiger partial charge >= 0.3 is 0 Å². The van der Waals surface area contributed by atoms with Crippen LogP contribution in [0.2, 0.25) is 0 Å². The lowest BCUT2D eigenvalue weighted by Gasteiger charge is -2.36. The van der Waals surface area contributed by atoms with Crippen LogP contribution >= 0.6 is 0 Å². The third-order valence-electron chi connectivity index (χ3n) is 5.05. The van der Waals surface area contributed by atoms with Gasteiger partial charge in [0.05, 0.1) is 13.2 Å². The summed E-state index contributed by atoms with van der Waals surface area (Å²) in [6.07, 6.45) is 0. The number of hydrogen-bond donors (Lipinski definition) is 0. The van der Waals surface area contributed by atoms with Crippen molar-refractivity contribution in [3.05, 3.63) is 41.3 Å². The highest BCUT2D eigenvalue weighted by Crippen LogP contribution is 2.25. The average molecular weight is 376 g/mol. The summed E-state index contributed by atoms with van der Waals surface area (Å²) in [6.45, 7) is 12.7. The lowest BCUT2D eigenvalue weighted by Crippen LogP contribution is -2.46. The third-order valence-corrected chi connectivity index (χ3v) is 5.05. The number of rotatable bonds is 5. The summed E-state index contributed by atoms with van der Waals surface area (Å²) >= 11 is 0. The van der Waals surface area contributed by atoms with E-state index in [1.54, 1.807) is 12.1 Å². The predicted molar refractivity (Wildman–Crippen MR) is 101 cm³/mol. The predicted octanol–water partition coefficient (Wildman–Crippen LogP) is 3.39. The standard InChI is InChI=1S/C20H29FN4O2/c1-14(18-22-19(23-27-18)20(2,3)4)25-10-8-24(9-11-25)13-15-6-7-17(26-5)16(21)12-15/h6-7,12,14H,8-11,13H2,1-5H3. The van der Waals surface area contributed by atoms with Gasteiger partial charge < -0.3 is 9.26 Å². The quantitative estimate of drug-likeness (QED) is 0.797. The summed E-state index contributed by atoms with van der Waals surface area (Å²) in [5.41, 5.74) is 0.842. The van der Waals surface area contributed by atoms with E-state index in [-0.39, 0.29) is 23.0 Å². The van der Waals surface area contributed by atoms with Crippen molar-refractivity contribution in [1.29, 1.82) is 0 Å². The highest BCUT2D eigenvalue weighted by Gasteiger charge is 2.28. The topological polar surface area (TPSA) is 54.6 Å². The van der Waals surface area contributed by atoms with Gasteiger partial charge in [-0.3, -0.25) is 9.80 Å². The fraction of sp³-hybridized carbons (Fsp3) is 0.600. The Hall–Kier alpha value is -1.99. The molecule has 3 rings (SSSR count). The van der Waals surface area contributed by atoms with Crippen molar-refractivity contribution in [3.8, 4) is 5.75 Å². The maximum absolute atomic E-state index is 13.9. The van der Waals surface area contributed by atoms with Gasteiger partial charge in [-0.2, -0.15) is 4.98 Å². The van der Waals surface area contributed by atoms with Gasteiger partial charge in [-0.15, -0.1) is 0 Å². The monoisotopic (exact) mass is 376 g/mol. The molecule has 7 heteroatoms. The number of halogens is 1. The highest BCUT2D eigenvalue weighted by atomic mass is 19.1. The number of ether oxygens (including phenoxy) is 1. The Labute approximate surface area is 160 Å². The Bertz CT molecular complexity index is 764. The minimum absolute atomic E-state index is 0.0918. The molecule has 27 heavy (non-hydrogen) atoms. The second kappa shape index (κ2) is 7.94. The summed E-state index contributed by atoms with van der Waals surface area (Å²) in [5, 5.41) is 4.13. The van der Waals surface area contributed by atoms with Crippen molar-refractivity contribution < 1.29 is 13.7 Å². The molecule has 1 aromatic heterocycles. The zero-order valence-electron chi connectivity index (χ0n) is 16.8. The molecule has 0 bridgehead atoms. The van der Waals surface area contributed by atoms with Crippen LogP contribution in [0.1, 0.15) is 51.0 Å². The molecule has 1 unspecified atom stereocenters. The average Bonchev–Trinajstić information content (AvgIpc) is 3.12. The molecule has 1 aliphatic heterocycles. The number of hydrogen-bond acceptors (Lipinski definition) is 6. The van der Waals surface area contributed by atoms with Crippen LogP contribution in [-0.2, 0) is 12.0 Å². The van der Waals surface area contributed by atoms with Crippen LogP contribution < -0.4 is 4.74 Å². The smallest absolute Gasteiger partial charge is 0.243 e. The molecule has 1 fully saturated rings. The largest absolute Gasteiger partial charge is 0.494 e. The second-order valence-electron chi connectivity index (χ2n) is 8.16. The molecule has 0 amide bonds. The molecule has 6 nitrogen and oxygen atoms in total. The highest BCUT2D eigenvalue weighted by molar-refractivity contribution is 5.29. The van der Waals surface area contributed by atoms with Gasteiger partial charge in [0.2, 0.25) is 5.89 Å². The van der Waals surface area contributed by atoms with Crippen molar-refractivity contribution in [2.75, 3.05) is 33.3 Å². The third kappa shape index (κ3) is 4.65. The lowest BCUT2D eigenvalue weighted by atomic mass is 9.96. The van der Waals surface area contributed by atoms with E-state index in [2.05, 4.69) is 47.6 Å². The normalized spacial score (nSPS) is 17.9. The number of benzene rings is 1. The van der Waals surface area contributed by atoms with Crippen LogP contribution in [0.15, 0.2) is 22.7 Å². The molecule has 1 saturated heterocycles. The Morgan fingerprint density at radius 3 is 2.48 bits per heavy atom. The molecule has 2 heterocycles. The summed E-state index contributed by atoms with van der Waals surface area (Å²) in [4.78, 5) is 9.27. The SMILES string of the molecule is COc1ccc(CN2CCN(C(C)c3nc(C(C)(C)C)no3)CC2)cc1F. The van der Waals surface area contributed by atoms with E-state index in [1.807, 2.05) is 6.07 Å². The summed E-state index contributed by atoms with van der Waals surface area (Å²) < 4.78 is 24.3. The Morgan fingerprint density at radius 1 is 1.22 bits per heavy atom. The Morgan fingerprint density at radius 2 is 1.93 bits per heavy atom. The van der Waals surface area contributed by atoms with Crippen molar-refractivity contribution >= 4 is 0 Å². The fourth-order valence-electron chi connectivity index (χ4n) is 3.24. The maximum atomic E-state index is 13.9. The van der Waals surface area contributed by atoms with Crippen molar-refractivity contribution in [2.45, 2.75) is 45.7 Å². The van der Waals surface area contributed by atoms with Crippen LogP contribution in [0.5, 0.6) is 5.75 Å². The van der Waals surface area contributed by atoms with E-state index < -0.39 is 0 Å². The molecule has 1 aliphatic rings. The van der Waals surface area contributed by atoms with Gasteiger partial charge in [-0.05, 0) is 24.6 Å². The van der Waals surface area contributed by atoms with Crippen molar-refractivity contribution in [1.82, 2.24) is 19.9 Å². The lowest BCUT2D eigenvalue weighted by molar-refractivity contribution is 0.0844. The van der Waals surface area contributed by atoms with Gasteiger partial charge in [-0.1, -0.05) is 32.0 Å². The molecule has 1 aromatic carbocycles. The second-order valence-corrected chi connectivity index (χ2v) is 8.16. The molecule has 0 spiro atoms. The van der Waals surface area contributed by atoms with Crippen LogP contribution in [0.3, 0.4) is 0 Å². The van der Waals surface area contributed by atoms with E-state index in [1.165, 1.54) is 7.11 Å². The molecule has 0 saturated carbocycles. The molecular formula is C20H29FN4O2. The summed E-state index contributed by atoms with van der Waals surface area (Å²) in [7, 11) is 1.48. The van der Waals surface area contributed by atoms with Gasteiger partial charge in [0.25, 0.3) is 0 Å². The van der Waals surface area contributed by atoms with Crippen LogP contribution in [0.4, 0.5) is 4.39 Å². The molecule has 148 valence electrons. The van der Waals surface area contributed by atoms with Gasteiger partial charge in [0.15, 0.2) is 17.4 Å². The first-order valence-corrected chi connectivity index (χ1v) is 9.41. The molecular weight excluding hydrogens is 347 g/mol. The first-order valence-electron chi connectivity index (χ1n) is 9.41. The van der Waals surface area contributed by atoms with Gasteiger partial charge in [0.1, 0.15) is 0 Å². The van der Waals surface area contributed by atoms with E-state index in [9.17, 15) is 4.39 Å². The first kappa shape index (κ1) is 19.8. The number of nitrogens with zero attached hydrogens (tertiary/aromatic N) is 4. The number of aromatic nitrogens is 2. The molecule has 2 aromatic rings. The molecule has 1 atom stereocenters. The Balaban J connectivity index is 1.55. The van der Waals surface area contributed by atoms with E-state index in [4.69, 9.17) is 9.26 Å².